The summed E-state index contributed by atoms with van der Waals surface area (Å²) in [5.41, 5.74) is 1.98. The highest BCUT2D eigenvalue weighted by atomic mass is 35.5. The van der Waals surface area contributed by atoms with Gasteiger partial charge in [-0.2, -0.15) is 0 Å². The number of rotatable bonds is 9. The number of hydrogen-bond donors (Lipinski definition) is 1. The van der Waals surface area contributed by atoms with E-state index < -0.39 is 0 Å². The fraction of sp³-hybridized carbons (Fsp3) is 0.333. The van der Waals surface area contributed by atoms with Gasteiger partial charge in [0, 0.05) is 35.5 Å². The largest absolute Gasteiger partial charge is 0.486 e. The lowest BCUT2D eigenvalue weighted by atomic mass is 10.1. The van der Waals surface area contributed by atoms with E-state index in [0.29, 0.717) is 23.7 Å². The average molecular weight is 459 g/mol. The van der Waals surface area contributed by atoms with Crippen molar-refractivity contribution >= 4 is 34.6 Å². The number of fused-ring (bicyclic) bond motifs is 1. The Morgan fingerprint density at radius 3 is 2.87 bits per heavy atom. The molecule has 1 N–H and O–H groups in total. The van der Waals surface area contributed by atoms with Crippen molar-refractivity contribution < 1.29 is 14.3 Å². The van der Waals surface area contributed by atoms with Gasteiger partial charge >= 0.3 is 0 Å². The number of ketones is 1. The van der Waals surface area contributed by atoms with Crippen LogP contribution < -0.4 is 10.1 Å². The third-order valence-electron chi connectivity index (χ3n) is 5.23. The number of nitrogens with one attached hydrogen (secondary N) is 1. The molecule has 2 unspecified atom stereocenters. The van der Waals surface area contributed by atoms with Crippen molar-refractivity contribution in [2.75, 3.05) is 20.1 Å². The van der Waals surface area contributed by atoms with Gasteiger partial charge in [0.2, 0.25) is 5.91 Å². The molecule has 0 saturated carbocycles. The Hall–Kier alpha value is -2.41. The number of amides is 1. The lowest BCUT2D eigenvalue weighted by Crippen LogP contribution is -2.34. The molecule has 0 fully saturated rings. The Bertz CT molecular complexity index is 1010. The Labute approximate surface area is 192 Å². The molecular weight excluding hydrogens is 432 g/mol. The first-order chi connectivity index (χ1) is 14.8. The van der Waals surface area contributed by atoms with E-state index in [1.165, 1.54) is 11.3 Å². The summed E-state index contributed by atoms with van der Waals surface area (Å²) in [7, 11) is 1.98. The molecule has 1 aromatic carbocycles. The van der Waals surface area contributed by atoms with Gasteiger partial charge in [-0.3, -0.25) is 14.5 Å². The number of benzene rings is 1. The van der Waals surface area contributed by atoms with Crippen LogP contribution in [0, 0.1) is 0 Å². The van der Waals surface area contributed by atoms with Crippen LogP contribution >= 0.6 is 22.9 Å². The van der Waals surface area contributed by atoms with Crippen molar-refractivity contribution in [1.29, 1.82) is 0 Å². The number of carbonyl (C=O) groups excluding carboxylic acids is 2. The highest BCUT2D eigenvalue weighted by Crippen LogP contribution is 2.41. The molecule has 1 aliphatic rings. The van der Waals surface area contributed by atoms with E-state index in [0.717, 1.165) is 27.4 Å². The topological polar surface area (TPSA) is 58.6 Å². The van der Waals surface area contributed by atoms with E-state index >= 15 is 0 Å². The summed E-state index contributed by atoms with van der Waals surface area (Å²) >= 11 is 7.92. The van der Waals surface area contributed by atoms with Crippen molar-refractivity contribution in [2.24, 2.45) is 0 Å². The zero-order valence-electron chi connectivity index (χ0n) is 18.0. The summed E-state index contributed by atoms with van der Waals surface area (Å²) in [4.78, 5) is 27.6. The van der Waals surface area contributed by atoms with Gasteiger partial charge in [-0.05, 0) is 50.7 Å². The van der Waals surface area contributed by atoms with Crippen LogP contribution in [0.2, 0.25) is 5.02 Å². The van der Waals surface area contributed by atoms with Gasteiger partial charge in [0.25, 0.3) is 0 Å². The molecule has 7 heteroatoms. The van der Waals surface area contributed by atoms with E-state index in [4.69, 9.17) is 16.3 Å². The number of Topliss-reactive ketones (excluding diaryl/α,β-unsaturated/α-hetero) is 1. The molecule has 0 spiro atoms. The molecule has 164 valence electrons. The Morgan fingerprint density at radius 2 is 2.19 bits per heavy atom. The van der Waals surface area contributed by atoms with E-state index in [1.54, 1.807) is 13.0 Å². The van der Waals surface area contributed by atoms with Gasteiger partial charge in [-0.25, -0.2) is 0 Å². The lowest BCUT2D eigenvalue weighted by molar-refractivity contribution is -0.116. The maximum atomic E-state index is 12.2. The first-order valence-corrected chi connectivity index (χ1v) is 11.3. The molecule has 2 aromatic rings. The zero-order valence-corrected chi connectivity index (χ0v) is 19.6. The third-order valence-corrected chi connectivity index (χ3v) is 6.75. The predicted octanol–water partition coefficient (Wildman–Crippen LogP) is 4.75. The van der Waals surface area contributed by atoms with Gasteiger partial charge in [-0.15, -0.1) is 17.9 Å². The van der Waals surface area contributed by atoms with Crippen LogP contribution in [0.5, 0.6) is 5.75 Å². The molecule has 0 saturated heterocycles. The molecular formula is C24H27ClN2O3S. The maximum Gasteiger partial charge on any atom is 0.243 e. The number of hydrogen-bond acceptors (Lipinski definition) is 5. The van der Waals surface area contributed by atoms with Crippen LogP contribution in [0.3, 0.4) is 0 Å². The average Bonchev–Trinajstić information content (AvgIpc) is 3.38. The molecule has 3 rings (SSSR count). The van der Waals surface area contributed by atoms with Crippen molar-refractivity contribution in [2.45, 2.75) is 32.4 Å². The summed E-state index contributed by atoms with van der Waals surface area (Å²) in [6, 6.07) is 7.82. The first kappa shape index (κ1) is 23.3. The summed E-state index contributed by atoms with van der Waals surface area (Å²) < 4.78 is 5.98. The van der Waals surface area contributed by atoms with Crippen molar-refractivity contribution in [1.82, 2.24) is 10.2 Å². The van der Waals surface area contributed by atoms with Crippen LogP contribution in [0.1, 0.15) is 29.1 Å². The first-order valence-electron chi connectivity index (χ1n) is 10.2. The fourth-order valence-electron chi connectivity index (χ4n) is 3.34. The Balaban J connectivity index is 1.59. The number of nitrogens with zero attached hydrogens (tertiary/aromatic N) is 1. The number of carbonyl (C=O) groups is 2. The molecule has 1 aromatic heterocycles. The monoisotopic (exact) mass is 458 g/mol. The fourth-order valence-corrected chi connectivity index (χ4v) is 4.51. The highest BCUT2D eigenvalue weighted by Gasteiger charge is 2.26. The van der Waals surface area contributed by atoms with E-state index in [9.17, 15) is 9.59 Å². The van der Waals surface area contributed by atoms with Crippen molar-refractivity contribution in [3.8, 4) is 16.2 Å². The second-order valence-electron chi connectivity index (χ2n) is 7.68. The van der Waals surface area contributed by atoms with Crippen LogP contribution in [-0.4, -0.2) is 48.9 Å². The number of ether oxygens (including phenoxy) is 1. The molecule has 0 bridgehead atoms. The summed E-state index contributed by atoms with van der Waals surface area (Å²) in [5, 5.41) is 3.44. The molecule has 2 atom stereocenters. The SMILES string of the molecule is C=CCN(C)C(C)C=CC(=O)NCC1Cc2cc(-c3ccc(C(C)=O)s3)cc(Cl)c2O1. The van der Waals surface area contributed by atoms with Gasteiger partial charge in [-0.1, -0.05) is 23.8 Å². The quantitative estimate of drug-likeness (QED) is 0.334. The van der Waals surface area contributed by atoms with E-state index in [1.807, 2.05) is 44.3 Å². The van der Waals surface area contributed by atoms with E-state index in [-0.39, 0.29) is 23.8 Å². The molecule has 0 aliphatic carbocycles. The molecule has 2 heterocycles. The molecule has 1 amide bonds. The van der Waals surface area contributed by atoms with Gasteiger partial charge in [0.1, 0.15) is 11.9 Å². The lowest BCUT2D eigenvalue weighted by Gasteiger charge is -2.19. The summed E-state index contributed by atoms with van der Waals surface area (Å²) in [5.74, 6) is 0.571. The standard InChI is InChI=1S/C24H27ClN2O3S/c1-5-10-27(4)15(2)6-9-23(29)26-14-19-12-18-11-17(13-20(25)24(18)30-19)22-8-7-21(31-22)16(3)28/h5-9,11,13,15,19H,1,10,12,14H2,2-4H3,(H,26,29). The second kappa shape index (κ2) is 10.3. The maximum absolute atomic E-state index is 12.2. The van der Waals surface area contributed by atoms with Crippen molar-refractivity contribution in [3.63, 3.8) is 0 Å². The van der Waals surface area contributed by atoms with Crippen LogP contribution in [0.25, 0.3) is 10.4 Å². The molecule has 0 radical (unpaired) electrons. The minimum Gasteiger partial charge on any atom is -0.486 e. The zero-order chi connectivity index (χ0) is 22.5. The van der Waals surface area contributed by atoms with Crippen LogP contribution in [0.4, 0.5) is 0 Å². The minimum atomic E-state index is -0.169. The van der Waals surface area contributed by atoms with Gasteiger partial charge in [0.05, 0.1) is 16.4 Å². The summed E-state index contributed by atoms with van der Waals surface area (Å²) in [6.07, 6.45) is 5.74. The van der Waals surface area contributed by atoms with Crippen LogP contribution in [-0.2, 0) is 11.2 Å². The molecule has 31 heavy (non-hydrogen) atoms. The third kappa shape index (κ3) is 5.85. The highest BCUT2D eigenvalue weighted by molar-refractivity contribution is 7.17. The summed E-state index contributed by atoms with van der Waals surface area (Å²) in [6.45, 7) is 8.46. The smallest absolute Gasteiger partial charge is 0.243 e. The van der Waals surface area contributed by atoms with Crippen molar-refractivity contribution in [3.05, 3.63) is 64.5 Å². The molecule has 1 aliphatic heterocycles. The number of halogens is 1. The van der Waals surface area contributed by atoms with Gasteiger partial charge in [0.15, 0.2) is 5.78 Å². The van der Waals surface area contributed by atoms with E-state index in [2.05, 4.69) is 22.9 Å². The normalized spacial score (nSPS) is 16.2. The Morgan fingerprint density at radius 1 is 1.42 bits per heavy atom. The Kier molecular flexibility index (Phi) is 7.70. The second-order valence-corrected chi connectivity index (χ2v) is 9.17. The van der Waals surface area contributed by atoms with Crippen LogP contribution in [0.15, 0.2) is 49.1 Å². The number of thiophene rings is 1. The minimum absolute atomic E-state index is 0.0541. The molecule has 5 nitrogen and oxygen atoms in total. The number of likely N-dealkylation sites (N-methyl/N-ethyl adjacent to an activating group) is 1. The predicted molar refractivity (Wildman–Crippen MR) is 127 cm³/mol. The van der Waals surface area contributed by atoms with Gasteiger partial charge < -0.3 is 10.1 Å².